The molecule has 0 aromatic rings. The molecule has 2 bridgehead atoms. The normalized spacial score (nSPS) is 40.3. The summed E-state index contributed by atoms with van der Waals surface area (Å²) in [5.41, 5.74) is 0. The molecule has 0 heterocycles. The number of hydrogen-bond donors (Lipinski definition) is 3. The van der Waals surface area contributed by atoms with Crippen LogP contribution in [0.4, 0.5) is 4.79 Å². The van der Waals surface area contributed by atoms with Crippen LogP contribution in [0.1, 0.15) is 44.9 Å². The number of carboxylic acid groups (broad SMARTS) is 1. The van der Waals surface area contributed by atoms with Gasteiger partial charge >= 0.3 is 12.0 Å². The molecule has 3 saturated carbocycles. The average Bonchev–Trinajstić information content (AvgIpc) is 3.03. The predicted molar refractivity (Wildman–Crippen MR) is 69.7 cm³/mol. The number of aliphatic carboxylic acids is 1. The lowest BCUT2D eigenvalue weighted by atomic mass is 9.95. The fraction of sp³-hybridized carbons (Fsp3) is 0.857. The van der Waals surface area contributed by atoms with Crippen LogP contribution in [0, 0.1) is 17.8 Å². The Bertz CT molecular complexity index is 385. The number of carboxylic acids is 1. The topological polar surface area (TPSA) is 78.4 Å². The van der Waals surface area contributed by atoms with E-state index in [0.717, 1.165) is 25.2 Å². The molecule has 0 aromatic heterocycles. The van der Waals surface area contributed by atoms with E-state index < -0.39 is 11.9 Å². The highest BCUT2D eigenvalue weighted by molar-refractivity contribution is 5.77. The second-order valence-corrected chi connectivity index (χ2v) is 6.38. The molecule has 0 spiro atoms. The highest BCUT2D eigenvalue weighted by atomic mass is 16.4. The van der Waals surface area contributed by atoms with Crippen molar-refractivity contribution in [3.63, 3.8) is 0 Å². The molecule has 3 aliphatic carbocycles. The molecule has 5 unspecified atom stereocenters. The van der Waals surface area contributed by atoms with Crippen LogP contribution >= 0.6 is 0 Å². The monoisotopic (exact) mass is 266 g/mol. The summed E-state index contributed by atoms with van der Waals surface area (Å²) in [4.78, 5) is 23.1. The maximum Gasteiger partial charge on any atom is 0.315 e. The van der Waals surface area contributed by atoms with Crippen molar-refractivity contribution in [2.75, 3.05) is 0 Å². The van der Waals surface area contributed by atoms with Crippen molar-refractivity contribution in [3.8, 4) is 0 Å². The van der Waals surface area contributed by atoms with Crippen LogP contribution in [-0.2, 0) is 4.79 Å². The SMILES string of the molecule is O=C(NC1CC2CCC1C2)NC1CCCC1C(=O)O. The van der Waals surface area contributed by atoms with E-state index in [4.69, 9.17) is 5.11 Å². The predicted octanol–water partition coefficient (Wildman–Crippen LogP) is 1.73. The van der Waals surface area contributed by atoms with E-state index in [1.54, 1.807) is 0 Å². The minimum atomic E-state index is -0.789. The number of rotatable bonds is 3. The van der Waals surface area contributed by atoms with Crippen molar-refractivity contribution >= 4 is 12.0 Å². The third-order valence-electron chi connectivity index (χ3n) is 5.20. The molecule has 3 fully saturated rings. The van der Waals surface area contributed by atoms with E-state index in [1.165, 1.54) is 19.3 Å². The van der Waals surface area contributed by atoms with Crippen LogP contribution in [0.25, 0.3) is 0 Å². The Morgan fingerprint density at radius 1 is 0.947 bits per heavy atom. The minimum absolute atomic E-state index is 0.171. The first-order valence-electron chi connectivity index (χ1n) is 7.43. The van der Waals surface area contributed by atoms with Crippen molar-refractivity contribution in [2.45, 2.75) is 57.0 Å². The quantitative estimate of drug-likeness (QED) is 0.728. The molecule has 2 amide bonds. The van der Waals surface area contributed by atoms with Gasteiger partial charge in [-0.2, -0.15) is 0 Å². The van der Waals surface area contributed by atoms with Crippen molar-refractivity contribution in [1.29, 1.82) is 0 Å². The summed E-state index contributed by atoms with van der Waals surface area (Å²) in [6, 6.07) is -0.0600. The van der Waals surface area contributed by atoms with Crippen LogP contribution in [0.5, 0.6) is 0 Å². The zero-order chi connectivity index (χ0) is 13.4. The Morgan fingerprint density at radius 2 is 1.74 bits per heavy atom. The van der Waals surface area contributed by atoms with E-state index in [9.17, 15) is 9.59 Å². The van der Waals surface area contributed by atoms with Gasteiger partial charge in [-0.3, -0.25) is 4.79 Å². The summed E-state index contributed by atoms with van der Waals surface area (Å²) in [7, 11) is 0. The van der Waals surface area contributed by atoms with E-state index in [1.807, 2.05) is 0 Å². The maximum absolute atomic E-state index is 12.0. The molecule has 5 nitrogen and oxygen atoms in total. The second kappa shape index (κ2) is 5.02. The fourth-order valence-corrected chi connectivity index (χ4v) is 4.23. The third-order valence-corrected chi connectivity index (χ3v) is 5.20. The Balaban J connectivity index is 1.50. The average molecular weight is 266 g/mol. The number of fused-ring (bicyclic) bond motifs is 2. The van der Waals surface area contributed by atoms with Crippen molar-refractivity contribution in [1.82, 2.24) is 10.6 Å². The second-order valence-electron chi connectivity index (χ2n) is 6.38. The summed E-state index contributed by atoms with van der Waals surface area (Å²) < 4.78 is 0. The smallest absolute Gasteiger partial charge is 0.315 e. The van der Waals surface area contributed by atoms with Gasteiger partial charge in [0.05, 0.1) is 5.92 Å². The molecule has 0 aromatic carbocycles. The van der Waals surface area contributed by atoms with Gasteiger partial charge in [0.25, 0.3) is 0 Å². The van der Waals surface area contributed by atoms with Gasteiger partial charge in [-0.15, -0.1) is 0 Å². The molecule has 19 heavy (non-hydrogen) atoms. The first-order chi connectivity index (χ1) is 9.13. The Hall–Kier alpha value is -1.26. The van der Waals surface area contributed by atoms with Crippen LogP contribution in [-0.4, -0.2) is 29.2 Å². The van der Waals surface area contributed by atoms with E-state index in [2.05, 4.69) is 10.6 Å². The van der Waals surface area contributed by atoms with Crippen molar-refractivity contribution in [2.24, 2.45) is 17.8 Å². The number of carbonyl (C=O) groups is 2. The highest BCUT2D eigenvalue weighted by Crippen LogP contribution is 2.44. The number of nitrogens with one attached hydrogen (secondary N) is 2. The molecule has 3 N–H and O–H groups in total. The summed E-state index contributed by atoms with van der Waals surface area (Å²) in [5, 5.41) is 15.0. The lowest BCUT2D eigenvalue weighted by molar-refractivity contribution is -0.142. The fourth-order valence-electron chi connectivity index (χ4n) is 4.23. The molecular formula is C14H22N2O3. The van der Waals surface area contributed by atoms with Crippen molar-refractivity contribution in [3.05, 3.63) is 0 Å². The number of amides is 2. The number of carbonyl (C=O) groups excluding carboxylic acids is 1. The van der Waals surface area contributed by atoms with Gasteiger partial charge in [-0.25, -0.2) is 4.79 Å². The summed E-state index contributed by atoms with van der Waals surface area (Å²) in [6.07, 6.45) is 7.24. The van der Waals surface area contributed by atoms with Crippen LogP contribution in [0.3, 0.4) is 0 Å². The van der Waals surface area contributed by atoms with Gasteiger partial charge in [0.2, 0.25) is 0 Å². The Morgan fingerprint density at radius 3 is 2.37 bits per heavy atom. The molecule has 0 saturated heterocycles. The minimum Gasteiger partial charge on any atom is -0.481 e. The van der Waals surface area contributed by atoms with Crippen LogP contribution in [0.2, 0.25) is 0 Å². The van der Waals surface area contributed by atoms with Gasteiger partial charge in [-0.05, 0) is 43.9 Å². The molecule has 106 valence electrons. The molecule has 5 heteroatoms. The molecule has 0 aliphatic heterocycles. The standard InChI is InChI=1S/C14H22N2O3/c17-13(18)10-2-1-3-11(10)15-14(19)16-12-7-8-4-5-9(12)6-8/h8-12H,1-7H2,(H,17,18)(H2,15,16,19). The number of urea groups is 1. The van der Waals surface area contributed by atoms with Gasteiger partial charge in [0.15, 0.2) is 0 Å². The zero-order valence-corrected chi connectivity index (χ0v) is 11.1. The maximum atomic E-state index is 12.0. The summed E-state index contributed by atoms with van der Waals surface area (Å²) in [6.45, 7) is 0. The van der Waals surface area contributed by atoms with E-state index in [-0.39, 0.29) is 12.1 Å². The van der Waals surface area contributed by atoms with E-state index >= 15 is 0 Å². The largest absolute Gasteiger partial charge is 0.481 e. The molecule has 3 rings (SSSR count). The molecule has 3 aliphatic rings. The Kier molecular flexibility index (Phi) is 3.37. The molecular weight excluding hydrogens is 244 g/mol. The van der Waals surface area contributed by atoms with Gasteiger partial charge in [0, 0.05) is 12.1 Å². The summed E-state index contributed by atoms with van der Waals surface area (Å²) >= 11 is 0. The first-order valence-corrected chi connectivity index (χ1v) is 7.43. The highest BCUT2D eigenvalue weighted by Gasteiger charge is 2.41. The first kappa shape index (κ1) is 12.8. The Labute approximate surface area is 113 Å². The molecule has 5 atom stereocenters. The van der Waals surface area contributed by atoms with Gasteiger partial charge in [-0.1, -0.05) is 12.8 Å². The number of hydrogen-bond acceptors (Lipinski definition) is 2. The van der Waals surface area contributed by atoms with E-state index in [0.29, 0.717) is 18.4 Å². The summed E-state index contributed by atoms with van der Waals surface area (Å²) in [5.74, 6) is 0.247. The lowest BCUT2D eigenvalue weighted by Crippen LogP contribution is -2.49. The van der Waals surface area contributed by atoms with Gasteiger partial charge in [0.1, 0.15) is 0 Å². The third kappa shape index (κ3) is 2.55. The lowest BCUT2D eigenvalue weighted by Gasteiger charge is -2.25. The van der Waals surface area contributed by atoms with Gasteiger partial charge < -0.3 is 15.7 Å². The van der Waals surface area contributed by atoms with Crippen LogP contribution < -0.4 is 10.6 Å². The molecule has 0 radical (unpaired) electrons. The van der Waals surface area contributed by atoms with Crippen molar-refractivity contribution < 1.29 is 14.7 Å². The zero-order valence-electron chi connectivity index (χ0n) is 11.1. The van der Waals surface area contributed by atoms with Crippen LogP contribution in [0.15, 0.2) is 0 Å².